The quantitative estimate of drug-likeness (QED) is 0.424. The molecule has 8 nitrogen and oxygen atoms in total. The van der Waals surface area contributed by atoms with E-state index >= 15 is 0 Å². The summed E-state index contributed by atoms with van der Waals surface area (Å²) in [6.07, 6.45) is -5.88. The number of carbonyl (C=O) groups is 4. The average molecular weight is 521 g/mol. The van der Waals surface area contributed by atoms with Crippen LogP contribution in [0.5, 0.6) is 0 Å². The molecule has 0 bridgehead atoms. The van der Waals surface area contributed by atoms with Gasteiger partial charge in [-0.1, -0.05) is 43.6 Å². The Morgan fingerprint density at radius 3 is 2.29 bits per heavy atom. The van der Waals surface area contributed by atoms with Crippen LogP contribution < -0.4 is 5.32 Å². The number of amides is 2. The zero-order valence-electron chi connectivity index (χ0n) is 19.8. The number of esters is 1. The summed E-state index contributed by atoms with van der Waals surface area (Å²) in [5.41, 5.74) is -0.955. The summed E-state index contributed by atoms with van der Waals surface area (Å²) < 4.78 is 48.0. The minimum Gasteiger partial charge on any atom is -0.424 e. The van der Waals surface area contributed by atoms with Crippen LogP contribution in [0, 0.1) is 5.92 Å². The number of Topliss-reactive ketones (excluding diaryl/α,β-unsaturated/α-hetero) is 1. The van der Waals surface area contributed by atoms with Crippen molar-refractivity contribution in [2.75, 3.05) is 7.05 Å². The SMILES string of the molecule is CC(OC(=O)[C@@H](NC(=O)C(F)(F)F)C(C)C)OC(=O)N(C)[C@]1(c2ccccc2Cl)CCCCC1=O. The highest BCUT2D eigenvalue weighted by molar-refractivity contribution is 6.31. The molecule has 0 spiro atoms. The van der Waals surface area contributed by atoms with Gasteiger partial charge in [0.1, 0.15) is 11.6 Å². The Morgan fingerprint density at radius 2 is 1.74 bits per heavy atom. The highest BCUT2D eigenvalue weighted by atomic mass is 35.5. The predicted octanol–water partition coefficient (Wildman–Crippen LogP) is 4.34. The normalized spacial score (nSPS) is 20.1. The molecule has 1 fully saturated rings. The molecule has 0 heterocycles. The molecule has 1 aliphatic rings. The third-order valence-corrected chi connectivity index (χ3v) is 6.16. The van der Waals surface area contributed by atoms with Crippen LogP contribution in [-0.4, -0.2) is 54.2 Å². The van der Waals surface area contributed by atoms with E-state index in [-0.39, 0.29) is 12.2 Å². The molecule has 1 aromatic carbocycles. The predicted molar refractivity (Wildman–Crippen MR) is 119 cm³/mol. The lowest BCUT2D eigenvalue weighted by atomic mass is 9.74. The highest BCUT2D eigenvalue weighted by Gasteiger charge is 2.49. The monoisotopic (exact) mass is 520 g/mol. The van der Waals surface area contributed by atoms with Crippen LogP contribution in [0.25, 0.3) is 0 Å². The second-order valence-corrected chi connectivity index (χ2v) is 9.02. The first-order valence-electron chi connectivity index (χ1n) is 11.0. The van der Waals surface area contributed by atoms with E-state index in [0.29, 0.717) is 29.8 Å². The molecule has 1 aromatic rings. The Kier molecular flexibility index (Phi) is 9.16. The third kappa shape index (κ3) is 6.45. The van der Waals surface area contributed by atoms with Gasteiger partial charge in [-0.3, -0.25) is 14.5 Å². The maximum Gasteiger partial charge on any atom is 0.471 e. The first kappa shape index (κ1) is 28.4. The fourth-order valence-corrected chi connectivity index (χ4v) is 4.28. The summed E-state index contributed by atoms with van der Waals surface area (Å²) >= 11 is 6.36. The number of ketones is 1. The van der Waals surface area contributed by atoms with Crippen molar-refractivity contribution in [1.82, 2.24) is 10.2 Å². The number of hydrogen-bond donors (Lipinski definition) is 1. The number of rotatable bonds is 7. The molecule has 0 aromatic heterocycles. The van der Waals surface area contributed by atoms with Crippen LogP contribution in [0.2, 0.25) is 5.02 Å². The van der Waals surface area contributed by atoms with Crippen molar-refractivity contribution in [1.29, 1.82) is 0 Å². The van der Waals surface area contributed by atoms with E-state index in [0.717, 1.165) is 4.90 Å². The lowest BCUT2D eigenvalue weighted by Crippen LogP contribution is -2.55. The summed E-state index contributed by atoms with van der Waals surface area (Å²) in [4.78, 5) is 50.9. The van der Waals surface area contributed by atoms with E-state index in [1.54, 1.807) is 29.6 Å². The average Bonchev–Trinajstić information content (AvgIpc) is 2.76. The zero-order chi connectivity index (χ0) is 26.6. The Balaban J connectivity index is 2.18. The van der Waals surface area contributed by atoms with E-state index in [2.05, 4.69) is 0 Å². The molecule has 12 heteroatoms. The van der Waals surface area contributed by atoms with Gasteiger partial charge in [-0.15, -0.1) is 0 Å². The fourth-order valence-electron chi connectivity index (χ4n) is 3.99. The van der Waals surface area contributed by atoms with Crippen molar-refractivity contribution >= 4 is 35.4 Å². The van der Waals surface area contributed by atoms with E-state index in [9.17, 15) is 32.3 Å². The van der Waals surface area contributed by atoms with E-state index in [1.807, 2.05) is 0 Å². The molecule has 1 N–H and O–H groups in total. The zero-order valence-corrected chi connectivity index (χ0v) is 20.5. The van der Waals surface area contributed by atoms with Crippen molar-refractivity contribution in [3.63, 3.8) is 0 Å². The number of ether oxygens (including phenoxy) is 2. The Bertz CT molecular complexity index is 971. The van der Waals surface area contributed by atoms with Crippen molar-refractivity contribution in [3.05, 3.63) is 34.9 Å². The molecule has 1 aliphatic carbocycles. The number of benzene rings is 1. The number of alkyl halides is 3. The molecule has 1 unspecified atom stereocenters. The molecule has 1 saturated carbocycles. The fraction of sp³-hybridized carbons (Fsp3) is 0.565. The Hall–Kier alpha value is -2.82. The van der Waals surface area contributed by atoms with Crippen LogP contribution in [0.1, 0.15) is 52.0 Å². The summed E-state index contributed by atoms with van der Waals surface area (Å²) in [6.45, 7) is 4.02. The van der Waals surface area contributed by atoms with Crippen LogP contribution >= 0.6 is 11.6 Å². The molecular formula is C23H28ClF3N2O6. The largest absolute Gasteiger partial charge is 0.471 e. The van der Waals surface area contributed by atoms with Crippen LogP contribution in [0.15, 0.2) is 24.3 Å². The Morgan fingerprint density at radius 1 is 1.11 bits per heavy atom. The summed E-state index contributed by atoms with van der Waals surface area (Å²) in [5, 5.41) is 1.87. The number of halogens is 4. The van der Waals surface area contributed by atoms with Gasteiger partial charge in [0.05, 0.1) is 0 Å². The standard InChI is InChI=1S/C23H28ClF3N2O6/c1-13(2)18(28-20(32)23(25,26)27)19(31)34-14(3)35-21(33)29(4)22(12-8-7-11-17(22)30)15-9-5-6-10-16(15)24/h5-6,9-10,13-14,18H,7-8,11-12H2,1-4H3,(H,28,32)/t14?,18-,22-/m0/s1. The number of carbonyl (C=O) groups excluding carboxylic acids is 4. The van der Waals surface area contributed by atoms with Gasteiger partial charge in [0.2, 0.25) is 6.29 Å². The molecule has 2 amide bonds. The third-order valence-electron chi connectivity index (χ3n) is 5.83. The number of likely N-dealkylation sites (N-methyl/N-ethyl adjacent to an activating group) is 1. The first-order valence-corrected chi connectivity index (χ1v) is 11.4. The van der Waals surface area contributed by atoms with Gasteiger partial charge in [0, 0.05) is 31.0 Å². The maximum atomic E-state index is 13.1. The van der Waals surface area contributed by atoms with Gasteiger partial charge in [-0.05, 0) is 31.2 Å². The van der Waals surface area contributed by atoms with Crippen LogP contribution in [0.4, 0.5) is 18.0 Å². The summed E-state index contributed by atoms with van der Waals surface area (Å²) in [7, 11) is 1.36. The van der Waals surface area contributed by atoms with Crippen molar-refractivity contribution in [2.45, 2.75) is 70.5 Å². The van der Waals surface area contributed by atoms with E-state index < -0.39 is 47.9 Å². The first-order chi connectivity index (χ1) is 16.2. The number of nitrogens with zero attached hydrogens (tertiary/aromatic N) is 1. The molecular weight excluding hydrogens is 493 g/mol. The van der Waals surface area contributed by atoms with Crippen LogP contribution in [-0.2, 0) is 29.4 Å². The number of hydrogen-bond acceptors (Lipinski definition) is 6. The molecule has 0 saturated heterocycles. The smallest absolute Gasteiger partial charge is 0.424 e. The lowest BCUT2D eigenvalue weighted by Gasteiger charge is -2.43. The maximum absolute atomic E-state index is 13.1. The van der Waals surface area contributed by atoms with Gasteiger partial charge in [-0.2, -0.15) is 13.2 Å². The Labute approximate surface area is 206 Å². The minimum absolute atomic E-state index is 0.225. The molecule has 35 heavy (non-hydrogen) atoms. The summed E-state index contributed by atoms with van der Waals surface area (Å²) in [6, 6.07) is 5.00. The molecule has 0 aliphatic heterocycles. The van der Waals surface area contributed by atoms with Crippen LogP contribution in [0.3, 0.4) is 0 Å². The second kappa shape index (κ2) is 11.3. The van der Waals surface area contributed by atoms with Crippen molar-refractivity contribution in [3.8, 4) is 0 Å². The topological polar surface area (TPSA) is 102 Å². The molecule has 2 rings (SSSR count). The second-order valence-electron chi connectivity index (χ2n) is 8.61. The number of nitrogens with one attached hydrogen (secondary N) is 1. The van der Waals surface area contributed by atoms with E-state index in [4.69, 9.17) is 21.1 Å². The molecule has 0 radical (unpaired) electrons. The summed E-state index contributed by atoms with van der Waals surface area (Å²) in [5.74, 6) is -4.48. The van der Waals surface area contributed by atoms with Gasteiger partial charge in [0.15, 0.2) is 5.78 Å². The van der Waals surface area contributed by atoms with Crippen molar-refractivity contribution in [2.24, 2.45) is 5.92 Å². The van der Waals surface area contributed by atoms with Crippen molar-refractivity contribution < 1.29 is 41.8 Å². The highest BCUT2D eigenvalue weighted by Crippen LogP contribution is 2.42. The van der Waals surface area contributed by atoms with E-state index in [1.165, 1.54) is 27.8 Å². The van der Waals surface area contributed by atoms with Gasteiger partial charge in [0.25, 0.3) is 0 Å². The molecule has 194 valence electrons. The van der Waals surface area contributed by atoms with Gasteiger partial charge < -0.3 is 14.8 Å². The van der Waals surface area contributed by atoms with Gasteiger partial charge >= 0.3 is 24.1 Å². The molecule has 3 atom stereocenters. The minimum atomic E-state index is -5.19. The lowest BCUT2D eigenvalue weighted by molar-refractivity contribution is -0.181. The van der Waals surface area contributed by atoms with Gasteiger partial charge in [-0.25, -0.2) is 9.59 Å².